The van der Waals surface area contributed by atoms with E-state index in [0.717, 1.165) is 25.2 Å². The van der Waals surface area contributed by atoms with Gasteiger partial charge in [0, 0.05) is 60.3 Å². The molecule has 4 aromatic heterocycles. The van der Waals surface area contributed by atoms with Crippen molar-refractivity contribution < 1.29 is 16.4 Å². The summed E-state index contributed by atoms with van der Waals surface area (Å²) < 4.78 is 47.0. The highest BCUT2D eigenvalue weighted by molar-refractivity contribution is 6.00. The Morgan fingerprint density at radius 2 is 2.12 bits per heavy atom. The quantitative estimate of drug-likeness (QED) is 0.486. The largest absolute Gasteiger partial charge is 0.378 e. The minimum atomic E-state index is -2.96. The lowest BCUT2D eigenvalue weighted by Gasteiger charge is -2.28. The third kappa shape index (κ3) is 3.75. The first-order valence-electron chi connectivity index (χ1n) is 13.8. The Balaban J connectivity index is 1.46. The molecule has 1 saturated heterocycles. The number of carbonyl (C=O) groups excluding carboxylic acids is 1. The maximum Gasteiger partial charge on any atom is 0.228 e. The van der Waals surface area contributed by atoms with Crippen LogP contribution in [0.4, 0.5) is 11.5 Å². The normalized spacial score (nSPS) is 23.1. The number of ether oxygens (including phenoxy) is 1. The molecule has 5 heterocycles. The second-order valence-corrected chi connectivity index (χ2v) is 8.79. The van der Waals surface area contributed by atoms with Gasteiger partial charge in [-0.3, -0.25) is 9.78 Å². The van der Waals surface area contributed by atoms with E-state index in [-0.39, 0.29) is 28.7 Å². The van der Waals surface area contributed by atoms with Crippen molar-refractivity contribution in [3.8, 4) is 11.4 Å². The molecule has 1 aliphatic carbocycles. The fourth-order valence-corrected chi connectivity index (χ4v) is 4.38. The first-order chi connectivity index (χ1) is 18.5. The molecule has 2 aliphatic rings. The van der Waals surface area contributed by atoms with Crippen LogP contribution in [0.15, 0.2) is 36.8 Å². The average molecular weight is 463 g/mol. The number of rotatable bonds is 5. The van der Waals surface area contributed by atoms with Crippen molar-refractivity contribution in [3.05, 3.63) is 42.5 Å². The Labute approximate surface area is 204 Å². The fraction of sp³-hybridized carbons (Fsp3) is 0.400. The highest BCUT2D eigenvalue weighted by Gasteiger charge is 2.39. The topological polar surface area (TPSA) is 97.5 Å². The van der Waals surface area contributed by atoms with Crippen molar-refractivity contribution in [3.63, 3.8) is 0 Å². The maximum absolute atomic E-state index is 12.6. The maximum atomic E-state index is 12.6. The zero-order valence-corrected chi connectivity index (χ0v) is 18.7. The van der Waals surface area contributed by atoms with Crippen LogP contribution in [0, 0.1) is 11.8 Å². The lowest BCUT2D eigenvalue weighted by Crippen LogP contribution is -2.36. The summed E-state index contributed by atoms with van der Waals surface area (Å²) in [6.07, 6.45) is 2.70. The summed E-state index contributed by atoms with van der Waals surface area (Å²) >= 11 is 0. The van der Waals surface area contributed by atoms with E-state index >= 15 is 0 Å². The number of aryl methyl sites for hydroxylation is 1. The van der Waals surface area contributed by atoms with Gasteiger partial charge in [-0.05, 0) is 36.9 Å². The van der Waals surface area contributed by atoms with Crippen molar-refractivity contribution in [1.29, 1.82) is 0 Å². The van der Waals surface area contributed by atoms with Crippen molar-refractivity contribution in [2.75, 3.05) is 36.5 Å². The number of pyridine rings is 3. The van der Waals surface area contributed by atoms with Gasteiger partial charge in [-0.1, -0.05) is 13.8 Å². The number of amides is 1. The summed E-state index contributed by atoms with van der Waals surface area (Å²) in [5, 5.41) is 8.13. The zero-order valence-electron chi connectivity index (χ0n) is 23.7. The first-order valence-corrected chi connectivity index (χ1v) is 11.3. The Morgan fingerprint density at radius 1 is 1.26 bits per heavy atom. The van der Waals surface area contributed by atoms with E-state index in [0.29, 0.717) is 41.6 Å². The molecule has 9 heteroatoms. The predicted octanol–water partition coefficient (Wildman–Crippen LogP) is 3.33. The molecule has 2 fully saturated rings. The SMILES string of the molecule is [2H]C([2H])([2H])C([2H])([2H])c1ncc(-c2nc3ccc(N4CCOCC4)cn3n2)c2cc(NC(=O)[C@H]3C[C@H]3C)ncc12. The smallest absolute Gasteiger partial charge is 0.228 e. The highest BCUT2D eigenvalue weighted by atomic mass is 16.5. The van der Waals surface area contributed by atoms with Crippen LogP contribution in [0.5, 0.6) is 0 Å². The van der Waals surface area contributed by atoms with Crippen LogP contribution >= 0.6 is 0 Å². The molecule has 6 rings (SSSR count). The Kier molecular flexibility index (Phi) is 3.94. The molecule has 34 heavy (non-hydrogen) atoms. The lowest BCUT2D eigenvalue weighted by molar-refractivity contribution is -0.117. The number of nitrogens with one attached hydrogen (secondary N) is 1. The molecule has 0 bridgehead atoms. The van der Waals surface area contributed by atoms with E-state index in [1.54, 1.807) is 10.6 Å². The molecule has 9 nitrogen and oxygen atoms in total. The molecule has 1 N–H and O–H groups in total. The van der Waals surface area contributed by atoms with E-state index in [1.165, 1.54) is 12.4 Å². The van der Waals surface area contributed by atoms with Gasteiger partial charge >= 0.3 is 0 Å². The molecule has 0 spiro atoms. The van der Waals surface area contributed by atoms with Gasteiger partial charge in [-0.2, -0.15) is 0 Å². The monoisotopic (exact) mass is 462 g/mol. The second-order valence-electron chi connectivity index (χ2n) is 8.79. The number of aromatic nitrogens is 5. The molecule has 1 amide bonds. The van der Waals surface area contributed by atoms with Crippen LogP contribution in [-0.2, 0) is 15.9 Å². The average Bonchev–Trinajstić information content (AvgIpc) is 3.49. The van der Waals surface area contributed by atoms with E-state index in [1.807, 2.05) is 25.3 Å². The van der Waals surface area contributed by atoms with E-state index in [4.69, 9.17) is 11.6 Å². The minimum Gasteiger partial charge on any atom is -0.378 e. The third-order valence-corrected chi connectivity index (χ3v) is 6.52. The van der Waals surface area contributed by atoms with Crippen molar-refractivity contribution in [1.82, 2.24) is 24.6 Å². The standard InChI is InChI=1S/C25H27N7O2/c1-3-21-19-12-27-22(28-25(33)17-10-15(17)2)11-18(19)20(13-26-21)24-29-23-5-4-16(14-32(23)30-24)31-6-8-34-9-7-31/h4-5,11-15,17H,3,6-10H2,1-2H3,(H,27,28,33)/t15-,17+/m1/s1/i1D3,3D2. The summed E-state index contributed by atoms with van der Waals surface area (Å²) in [5.41, 5.74) is 1.78. The third-order valence-electron chi connectivity index (χ3n) is 6.52. The Bertz CT molecular complexity index is 1580. The van der Waals surface area contributed by atoms with Crippen LogP contribution in [0.2, 0.25) is 0 Å². The molecule has 4 aromatic rings. The molecule has 2 atom stereocenters. The van der Waals surface area contributed by atoms with Gasteiger partial charge in [0.2, 0.25) is 5.91 Å². The number of nitrogens with zero attached hydrogens (tertiary/aromatic N) is 6. The molecule has 174 valence electrons. The molecule has 0 unspecified atom stereocenters. The molecule has 0 aromatic carbocycles. The summed E-state index contributed by atoms with van der Waals surface area (Å²) in [4.78, 5) is 28.0. The number of fused-ring (bicyclic) bond motifs is 2. The van der Waals surface area contributed by atoms with E-state index < -0.39 is 13.2 Å². The summed E-state index contributed by atoms with van der Waals surface area (Å²) in [6.45, 7) is 1.90. The number of carbonyl (C=O) groups is 1. The summed E-state index contributed by atoms with van der Waals surface area (Å²) in [6, 6.07) is 5.43. The summed E-state index contributed by atoms with van der Waals surface area (Å²) in [7, 11) is 0. The number of morpholine rings is 1. The highest BCUT2D eigenvalue weighted by Crippen LogP contribution is 2.38. The van der Waals surface area contributed by atoms with Gasteiger partial charge in [0.25, 0.3) is 0 Å². The molecule has 1 aliphatic heterocycles. The van der Waals surface area contributed by atoms with Gasteiger partial charge in [-0.25, -0.2) is 14.5 Å². The minimum absolute atomic E-state index is 0.0690. The zero-order chi connectivity index (χ0) is 27.5. The molecule has 0 radical (unpaired) electrons. The van der Waals surface area contributed by atoms with Gasteiger partial charge in [0.05, 0.1) is 25.1 Å². The van der Waals surface area contributed by atoms with Crippen molar-refractivity contribution >= 4 is 33.8 Å². The van der Waals surface area contributed by atoms with Crippen molar-refractivity contribution in [2.45, 2.75) is 26.6 Å². The van der Waals surface area contributed by atoms with Gasteiger partial charge in [0.1, 0.15) is 5.82 Å². The Hall–Kier alpha value is -3.59. The van der Waals surface area contributed by atoms with Gasteiger partial charge in [0.15, 0.2) is 11.5 Å². The van der Waals surface area contributed by atoms with Gasteiger partial charge < -0.3 is 15.0 Å². The van der Waals surface area contributed by atoms with Gasteiger partial charge in [-0.15, -0.1) is 5.10 Å². The van der Waals surface area contributed by atoms with E-state index in [2.05, 4.69) is 30.3 Å². The molecule has 1 saturated carbocycles. The van der Waals surface area contributed by atoms with Crippen LogP contribution in [0.3, 0.4) is 0 Å². The fourth-order valence-electron chi connectivity index (χ4n) is 4.38. The predicted molar refractivity (Wildman–Crippen MR) is 130 cm³/mol. The van der Waals surface area contributed by atoms with Crippen LogP contribution in [0.25, 0.3) is 27.8 Å². The van der Waals surface area contributed by atoms with Crippen molar-refractivity contribution in [2.24, 2.45) is 11.8 Å². The lowest BCUT2D eigenvalue weighted by atomic mass is 10.1. The first kappa shape index (κ1) is 16.1. The number of hydrogen-bond acceptors (Lipinski definition) is 7. The van der Waals surface area contributed by atoms with Crippen LogP contribution < -0.4 is 10.2 Å². The number of hydrogen-bond donors (Lipinski definition) is 1. The van der Waals surface area contributed by atoms with E-state index in [9.17, 15) is 4.79 Å². The molecular formula is C25H27N7O2. The number of anilines is 2. The second kappa shape index (κ2) is 8.32. The summed E-state index contributed by atoms with van der Waals surface area (Å²) in [5.74, 6) is 0.711. The van der Waals surface area contributed by atoms with Crippen LogP contribution in [-0.4, -0.2) is 56.8 Å². The Morgan fingerprint density at radius 3 is 2.91 bits per heavy atom. The van der Waals surface area contributed by atoms with Crippen LogP contribution in [0.1, 0.15) is 32.7 Å². The molecular weight excluding hydrogens is 430 g/mol.